The molecule has 1 saturated carbocycles. The standard InChI is InChI=1S/C16H21NO2/c1-11(17)16-8-14(19-15-9-18-10-15)7-6-13(16)5-4-12-2-3-12/h4-8,11-12,15H,2-3,9-10,17H2,1H3/b5-4+/t11-/m0/s1. The van der Waals surface area contributed by atoms with Crippen molar-refractivity contribution in [1.29, 1.82) is 0 Å². The molecule has 0 aromatic heterocycles. The summed E-state index contributed by atoms with van der Waals surface area (Å²) in [5.74, 6) is 1.67. The van der Waals surface area contributed by atoms with Gasteiger partial charge in [0, 0.05) is 6.04 Å². The Hall–Kier alpha value is -1.32. The van der Waals surface area contributed by atoms with Crippen LogP contribution in [0.15, 0.2) is 24.3 Å². The molecule has 102 valence electrons. The first-order chi connectivity index (χ1) is 9.22. The van der Waals surface area contributed by atoms with E-state index in [2.05, 4.69) is 24.3 Å². The lowest BCUT2D eigenvalue weighted by Gasteiger charge is -2.27. The molecule has 2 N–H and O–H groups in total. The highest BCUT2D eigenvalue weighted by Crippen LogP contribution is 2.32. The highest BCUT2D eigenvalue weighted by atomic mass is 16.6. The average molecular weight is 259 g/mol. The van der Waals surface area contributed by atoms with E-state index in [1.807, 2.05) is 13.0 Å². The summed E-state index contributed by atoms with van der Waals surface area (Å²) in [7, 11) is 0. The summed E-state index contributed by atoms with van der Waals surface area (Å²) in [5, 5.41) is 0. The van der Waals surface area contributed by atoms with E-state index >= 15 is 0 Å². The first kappa shape index (κ1) is 12.7. The first-order valence-corrected chi connectivity index (χ1v) is 7.04. The molecular formula is C16H21NO2. The van der Waals surface area contributed by atoms with Gasteiger partial charge < -0.3 is 15.2 Å². The number of ether oxygens (including phenoxy) is 2. The highest BCUT2D eigenvalue weighted by Gasteiger charge is 2.21. The maximum atomic E-state index is 6.07. The highest BCUT2D eigenvalue weighted by molar-refractivity contribution is 5.57. The van der Waals surface area contributed by atoms with Crippen LogP contribution in [-0.4, -0.2) is 19.3 Å². The molecule has 1 heterocycles. The van der Waals surface area contributed by atoms with Gasteiger partial charge in [-0.1, -0.05) is 18.2 Å². The second kappa shape index (κ2) is 5.35. The van der Waals surface area contributed by atoms with E-state index in [1.165, 1.54) is 18.4 Å². The van der Waals surface area contributed by atoms with Crippen molar-refractivity contribution >= 4 is 6.08 Å². The molecule has 3 rings (SSSR count). The van der Waals surface area contributed by atoms with Crippen LogP contribution in [0, 0.1) is 5.92 Å². The quantitative estimate of drug-likeness (QED) is 0.884. The second-order valence-corrected chi connectivity index (χ2v) is 5.55. The van der Waals surface area contributed by atoms with Gasteiger partial charge in [-0.2, -0.15) is 0 Å². The van der Waals surface area contributed by atoms with Crippen molar-refractivity contribution in [2.45, 2.75) is 31.9 Å². The fourth-order valence-corrected chi connectivity index (χ4v) is 2.18. The number of allylic oxidation sites excluding steroid dienone is 1. The molecule has 1 aliphatic heterocycles. The molecule has 0 bridgehead atoms. The summed E-state index contributed by atoms with van der Waals surface area (Å²) >= 11 is 0. The molecule has 2 aliphatic rings. The minimum Gasteiger partial charge on any atom is -0.486 e. The molecule has 1 aromatic carbocycles. The lowest BCUT2D eigenvalue weighted by atomic mass is 10.0. The second-order valence-electron chi connectivity index (χ2n) is 5.55. The first-order valence-electron chi connectivity index (χ1n) is 7.04. The van der Waals surface area contributed by atoms with Gasteiger partial charge in [-0.15, -0.1) is 0 Å². The number of benzene rings is 1. The van der Waals surface area contributed by atoms with E-state index in [4.69, 9.17) is 15.2 Å². The predicted octanol–water partition coefficient (Wildman–Crippen LogP) is 2.91. The van der Waals surface area contributed by atoms with Crippen molar-refractivity contribution in [2.24, 2.45) is 11.7 Å². The summed E-state index contributed by atoms with van der Waals surface area (Å²) in [6, 6.07) is 6.21. The molecule has 0 radical (unpaired) electrons. The molecule has 2 fully saturated rings. The largest absolute Gasteiger partial charge is 0.486 e. The van der Waals surface area contributed by atoms with Gasteiger partial charge in [0.25, 0.3) is 0 Å². The fraction of sp³-hybridized carbons (Fsp3) is 0.500. The minimum absolute atomic E-state index is 0.0139. The van der Waals surface area contributed by atoms with E-state index in [9.17, 15) is 0 Å². The smallest absolute Gasteiger partial charge is 0.145 e. The SMILES string of the molecule is C[C@H](N)c1cc(OC2COC2)ccc1/C=C/C1CC1. The zero-order valence-electron chi connectivity index (χ0n) is 11.3. The van der Waals surface area contributed by atoms with Crippen LogP contribution in [0.5, 0.6) is 5.75 Å². The summed E-state index contributed by atoms with van der Waals surface area (Å²) in [4.78, 5) is 0. The van der Waals surface area contributed by atoms with E-state index < -0.39 is 0 Å². The topological polar surface area (TPSA) is 44.5 Å². The van der Waals surface area contributed by atoms with Gasteiger partial charge >= 0.3 is 0 Å². The van der Waals surface area contributed by atoms with Gasteiger partial charge in [0.15, 0.2) is 0 Å². The molecule has 1 atom stereocenters. The molecule has 1 aliphatic carbocycles. The van der Waals surface area contributed by atoms with E-state index in [1.54, 1.807) is 0 Å². The number of rotatable bonds is 5. The van der Waals surface area contributed by atoms with Crippen molar-refractivity contribution in [3.63, 3.8) is 0 Å². The van der Waals surface area contributed by atoms with Gasteiger partial charge in [-0.05, 0) is 48.9 Å². The Labute approximate surface area is 114 Å². The third kappa shape index (κ3) is 3.17. The van der Waals surface area contributed by atoms with Gasteiger partial charge in [0.2, 0.25) is 0 Å². The molecule has 1 saturated heterocycles. The third-order valence-corrected chi connectivity index (χ3v) is 3.63. The van der Waals surface area contributed by atoms with Crippen LogP contribution in [-0.2, 0) is 4.74 Å². The molecule has 19 heavy (non-hydrogen) atoms. The Bertz CT molecular complexity index is 474. The zero-order valence-corrected chi connectivity index (χ0v) is 11.3. The number of nitrogens with two attached hydrogens (primary N) is 1. The molecule has 3 heteroatoms. The monoisotopic (exact) mass is 259 g/mol. The third-order valence-electron chi connectivity index (χ3n) is 3.63. The lowest BCUT2D eigenvalue weighted by Crippen LogP contribution is -2.38. The van der Waals surface area contributed by atoms with Crippen LogP contribution in [0.2, 0.25) is 0 Å². The Morgan fingerprint density at radius 2 is 2.16 bits per heavy atom. The van der Waals surface area contributed by atoms with Gasteiger partial charge in [0.1, 0.15) is 11.9 Å². The molecule has 3 nitrogen and oxygen atoms in total. The van der Waals surface area contributed by atoms with E-state index in [0.29, 0.717) is 13.2 Å². The maximum Gasteiger partial charge on any atom is 0.145 e. The zero-order chi connectivity index (χ0) is 13.2. The van der Waals surface area contributed by atoms with Gasteiger partial charge in [0.05, 0.1) is 13.2 Å². The molecular weight excluding hydrogens is 238 g/mol. The van der Waals surface area contributed by atoms with E-state index in [0.717, 1.165) is 17.2 Å². The Morgan fingerprint density at radius 1 is 1.37 bits per heavy atom. The van der Waals surface area contributed by atoms with Crippen LogP contribution in [0.4, 0.5) is 0 Å². The minimum atomic E-state index is 0.0139. The van der Waals surface area contributed by atoms with Crippen molar-refractivity contribution in [1.82, 2.24) is 0 Å². The number of hydrogen-bond donors (Lipinski definition) is 1. The van der Waals surface area contributed by atoms with Gasteiger partial charge in [-0.25, -0.2) is 0 Å². The van der Waals surface area contributed by atoms with Gasteiger partial charge in [-0.3, -0.25) is 0 Å². The molecule has 1 aromatic rings. The van der Waals surface area contributed by atoms with Crippen molar-refractivity contribution in [3.8, 4) is 5.75 Å². The van der Waals surface area contributed by atoms with Crippen LogP contribution >= 0.6 is 0 Å². The maximum absolute atomic E-state index is 6.07. The summed E-state index contributed by atoms with van der Waals surface area (Å²) < 4.78 is 10.9. The molecule has 0 spiro atoms. The predicted molar refractivity (Wildman–Crippen MR) is 76.0 cm³/mol. The van der Waals surface area contributed by atoms with Crippen molar-refractivity contribution in [3.05, 3.63) is 35.4 Å². The van der Waals surface area contributed by atoms with Crippen molar-refractivity contribution < 1.29 is 9.47 Å². The molecule has 0 amide bonds. The summed E-state index contributed by atoms with van der Waals surface area (Å²) in [5.41, 5.74) is 8.42. The Morgan fingerprint density at radius 3 is 2.74 bits per heavy atom. The van der Waals surface area contributed by atoms with Crippen LogP contribution in [0.25, 0.3) is 6.08 Å². The molecule has 0 unspecified atom stereocenters. The Balaban J connectivity index is 1.78. The lowest BCUT2D eigenvalue weighted by molar-refractivity contribution is -0.0797. The van der Waals surface area contributed by atoms with Crippen LogP contribution < -0.4 is 10.5 Å². The van der Waals surface area contributed by atoms with Crippen LogP contribution in [0.3, 0.4) is 0 Å². The normalized spacial score (nSPS) is 21.4. The number of hydrogen-bond acceptors (Lipinski definition) is 3. The Kier molecular flexibility index (Phi) is 3.58. The van der Waals surface area contributed by atoms with Crippen LogP contribution in [0.1, 0.15) is 36.9 Å². The van der Waals surface area contributed by atoms with E-state index in [-0.39, 0.29) is 12.1 Å². The summed E-state index contributed by atoms with van der Waals surface area (Å²) in [6.07, 6.45) is 7.35. The fourth-order valence-electron chi connectivity index (χ4n) is 2.18. The average Bonchev–Trinajstić information content (AvgIpc) is 3.15. The van der Waals surface area contributed by atoms with Crippen molar-refractivity contribution in [2.75, 3.05) is 13.2 Å². The summed E-state index contributed by atoms with van der Waals surface area (Å²) in [6.45, 7) is 3.40.